The summed E-state index contributed by atoms with van der Waals surface area (Å²) in [5.74, 6) is 1.48. The Labute approximate surface area is 156 Å². The number of carbonyl (C=O) groups is 2. The molecule has 2 amide bonds. The largest absolute Gasteiger partial charge is 0.359 e. The van der Waals surface area contributed by atoms with Crippen molar-refractivity contribution in [3.8, 4) is 0 Å². The van der Waals surface area contributed by atoms with Gasteiger partial charge in [0.1, 0.15) is 5.82 Å². The molecule has 144 valence electrons. The van der Waals surface area contributed by atoms with Gasteiger partial charge in [0.05, 0.1) is 0 Å². The molecule has 6 nitrogen and oxygen atoms in total. The Morgan fingerprint density at radius 2 is 1.77 bits per heavy atom. The Balaban J connectivity index is 1.62. The van der Waals surface area contributed by atoms with Crippen molar-refractivity contribution in [3.63, 3.8) is 0 Å². The lowest BCUT2D eigenvalue weighted by molar-refractivity contribution is -0.144. The smallest absolute Gasteiger partial charge is 0.226 e. The molecule has 1 N–H and O–H groups in total. The Kier molecular flexibility index (Phi) is 5.99. The van der Waals surface area contributed by atoms with Crippen LogP contribution < -0.4 is 5.32 Å². The molecule has 2 heterocycles. The third kappa shape index (κ3) is 3.79. The van der Waals surface area contributed by atoms with Crippen LogP contribution in [0.1, 0.15) is 70.2 Å². The number of carbonyl (C=O) groups excluding carboxylic acids is 2. The maximum Gasteiger partial charge on any atom is 0.226 e. The van der Waals surface area contributed by atoms with Gasteiger partial charge in [0.2, 0.25) is 11.8 Å². The van der Waals surface area contributed by atoms with E-state index in [1.54, 1.807) is 7.05 Å². The lowest BCUT2D eigenvalue weighted by atomic mass is 9.77. The third-order valence-electron chi connectivity index (χ3n) is 6.09. The molecule has 1 aromatic heterocycles. The minimum Gasteiger partial charge on any atom is -0.359 e. The Hall–Kier alpha value is -1.85. The number of hydrogen-bond acceptors (Lipinski definition) is 3. The number of amides is 2. The Bertz CT molecular complexity index is 632. The molecule has 6 heteroatoms. The fraction of sp³-hybridized carbons (Fsp3) is 0.750. The molecule has 1 aliphatic carbocycles. The van der Waals surface area contributed by atoms with E-state index < -0.39 is 0 Å². The molecule has 0 unspecified atom stereocenters. The van der Waals surface area contributed by atoms with Gasteiger partial charge in [-0.25, -0.2) is 4.98 Å². The third-order valence-corrected chi connectivity index (χ3v) is 6.09. The van der Waals surface area contributed by atoms with Gasteiger partial charge in [-0.1, -0.05) is 12.8 Å². The number of aromatic nitrogens is 2. The molecule has 0 spiro atoms. The number of nitrogens with one attached hydrogen (secondary N) is 1. The number of imidazole rings is 1. The minimum absolute atomic E-state index is 0.0249. The van der Waals surface area contributed by atoms with Crippen molar-refractivity contribution in [2.75, 3.05) is 20.1 Å². The molecule has 1 saturated heterocycles. The molecule has 2 fully saturated rings. The van der Waals surface area contributed by atoms with Crippen LogP contribution in [0.5, 0.6) is 0 Å². The minimum atomic E-state index is -0.154. The van der Waals surface area contributed by atoms with Gasteiger partial charge in [0.15, 0.2) is 0 Å². The highest BCUT2D eigenvalue weighted by atomic mass is 16.2. The topological polar surface area (TPSA) is 67.2 Å². The molecule has 3 rings (SSSR count). The molecular weight excluding hydrogens is 328 g/mol. The van der Waals surface area contributed by atoms with E-state index in [2.05, 4.69) is 28.7 Å². The van der Waals surface area contributed by atoms with Crippen LogP contribution in [0.15, 0.2) is 12.4 Å². The molecule has 26 heavy (non-hydrogen) atoms. The number of rotatable bonds is 4. The molecule has 0 radical (unpaired) electrons. The van der Waals surface area contributed by atoms with E-state index >= 15 is 0 Å². The number of likely N-dealkylation sites (tertiary alicyclic amines) is 1. The highest BCUT2D eigenvalue weighted by molar-refractivity contribution is 5.87. The van der Waals surface area contributed by atoms with Gasteiger partial charge < -0.3 is 14.8 Å². The number of piperidine rings is 1. The van der Waals surface area contributed by atoms with E-state index in [4.69, 9.17) is 0 Å². The van der Waals surface area contributed by atoms with Crippen LogP contribution in [0.25, 0.3) is 0 Å². The summed E-state index contributed by atoms with van der Waals surface area (Å²) in [5.41, 5.74) is 0. The second kappa shape index (κ2) is 8.23. The number of hydrogen-bond donors (Lipinski definition) is 1. The summed E-state index contributed by atoms with van der Waals surface area (Å²) in [7, 11) is 1.67. The lowest BCUT2D eigenvalue weighted by Crippen LogP contribution is -2.47. The van der Waals surface area contributed by atoms with Crippen LogP contribution >= 0.6 is 0 Å². The van der Waals surface area contributed by atoms with Crippen molar-refractivity contribution in [2.24, 2.45) is 11.8 Å². The van der Waals surface area contributed by atoms with Crippen LogP contribution in [-0.4, -0.2) is 46.4 Å². The Morgan fingerprint density at radius 3 is 2.38 bits per heavy atom. The monoisotopic (exact) mass is 360 g/mol. The summed E-state index contributed by atoms with van der Waals surface area (Å²) >= 11 is 0. The van der Waals surface area contributed by atoms with E-state index in [1.165, 1.54) is 0 Å². The van der Waals surface area contributed by atoms with Crippen molar-refractivity contribution < 1.29 is 9.59 Å². The maximum absolute atomic E-state index is 13.1. The van der Waals surface area contributed by atoms with Crippen LogP contribution in [0, 0.1) is 11.8 Å². The van der Waals surface area contributed by atoms with E-state index in [0.29, 0.717) is 12.0 Å². The summed E-state index contributed by atoms with van der Waals surface area (Å²) in [5, 5.41) is 2.74. The second-order valence-corrected chi connectivity index (χ2v) is 8.00. The lowest BCUT2D eigenvalue weighted by Gasteiger charge is -2.37. The zero-order valence-corrected chi connectivity index (χ0v) is 16.3. The quantitative estimate of drug-likeness (QED) is 0.898. The number of nitrogens with zero attached hydrogens (tertiary/aromatic N) is 3. The molecule has 1 saturated carbocycles. The molecule has 2 atom stereocenters. The standard InChI is InChI=1S/C20H32N4O2/c1-14(2)24-13-10-22-18(24)15-8-11-23(12-9-15)20(26)17-7-5-4-6-16(17)19(25)21-3/h10,13-17H,4-9,11-12H2,1-3H3,(H,21,25)/t16-,17+/m1/s1. The maximum atomic E-state index is 13.1. The average Bonchev–Trinajstić information content (AvgIpc) is 3.17. The summed E-state index contributed by atoms with van der Waals surface area (Å²) in [6.45, 7) is 5.88. The van der Waals surface area contributed by atoms with Gasteiger partial charge in [-0.2, -0.15) is 0 Å². The van der Waals surface area contributed by atoms with Crippen LogP contribution in [0.4, 0.5) is 0 Å². The fourth-order valence-corrected chi connectivity index (χ4v) is 4.60. The summed E-state index contributed by atoms with van der Waals surface area (Å²) in [6.07, 6.45) is 9.59. The zero-order chi connectivity index (χ0) is 18.7. The highest BCUT2D eigenvalue weighted by Gasteiger charge is 2.38. The Morgan fingerprint density at radius 1 is 1.12 bits per heavy atom. The molecule has 1 aliphatic heterocycles. The summed E-state index contributed by atoms with van der Waals surface area (Å²) < 4.78 is 2.24. The van der Waals surface area contributed by atoms with Gasteiger partial charge >= 0.3 is 0 Å². The first-order valence-electron chi connectivity index (χ1n) is 10.1. The van der Waals surface area contributed by atoms with Crippen molar-refractivity contribution in [3.05, 3.63) is 18.2 Å². The first-order valence-corrected chi connectivity index (χ1v) is 10.1. The van der Waals surface area contributed by atoms with Crippen LogP contribution in [0.2, 0.25) is 0 Å². The van der Waals surface area contributed by atoms with Crippen molar-refractivity contribution >= 4 is 11.8 Å². The zero-order valence-electron chi connectivity index (χ0n) is 16.3. The average molecular weight is 361 g/mol. The molecule has 0 bridgehead atoms. The first-order chi connectivity index (χ1) is 12.5. The van der Waals surface area contributed by atoms with Crippen molar-refractivity contribution in [2.45, 2.75) is 64.3 Å². The predicted octanol–water partition coefficient (Wildman–Crippen LogP) is 2.72. The van der Waals surface area contributed by atoms with E-state index in [0.717, 1.165) is 57.4 Å². The molecule has 2 aliphatic rings. The van der Waals surface area contributed by atoms with Gasteiger partial charge in [0.25, 0.3) is 0 Å². The molecular formula is C20H32N4O2. The van der Waals surface area contributed by atoms with Gasteiger partial charge in [-0.3, -0.25) is 9.59 Å². The summed E-state index contributed by atoms with van der Waals surface area (Å²) in [6, 6.07) is 0.405. The molecule has 0 aromatic carbocycles. The highest BCUT2D eigenvalue weighted by Crippen LogP contribution is 2.34. The fourth-order valence-electron chi connectivity index (χ4n) is 4.60. The summed E-state index contributed by atoms with van der Waals surface area (Å²) in [4.78, 5) is 31.8. The van der Waals surface area contributed by atoms with Crippen molar-refractivity contribution in [1.29, 1.82) is 0 Å². The normalized spacial score (nSPS) is 24.7. The van der Waals surface area contributed by atoms with Crippen LogP contribution in [0.3, 0.4) is 0 Å². The van der Waals surface area contributed by atoms with Gasteiger partial charge in [0, 0.05) is 56.3 Å². The van der Waals surface area contributed by atoms with E-state index in [1.807, 2.05) is 17.3 Å². The van der Waals surface area contributed by atoms with Crippen molar-refractivity contribution in [1.82, 2.24) is 19.8 Å². The van der Waals surface area contributed by atoms with E-state index in [-0.39, 0.29) is 23.7 Å². The molecule has 1 aromatic rings. The van der Waals surface area contributed by atoms with E-state index in [9.17, 15) is 9.59 Å². The van der Waals surface area contributed by atoms with Gasteiger partial charge in [-0.05, 0) is 39.5 Å². The SMILES string of the molecule is CNC(=O)[C@@H]1CCCC[C@@H]1C(=O)N1CCC(c2nccn2C(C)C)CC1. The first kappa shape index (κ1) is 18.9. The van der Waals surface area contributed by atoms with Crippen LogP contribution in [-0.2, 0) is 9.59 Å². The predicted molar refractivity (Wildman–Crippen MR) is 101 cm³/mol. The second-order valence-electron chi connectivity index (χ2n) is 8.00. The van der Waals surface area contributed by atoms with Gasteiger partial charge in [-0.15, -0.1) is 0 Å².